The van der Waals surface area contributed by atoms with Gasteiger partial charge in [0, 0.05) is 11.8 Å². The Bertz CT molecular complexity index is 732. The SMILES string of the molecule is COc1cc(F)c(Br)cc1C(=O)c1cc(N)cc(C)c1F. The van der Waals surface area contributed by atoms with Gasteiger partial charge in [-0.15, -0.1) is 0 Å². The topological polar surface area (TPSA) is 52.3 Å². The molecule has 0 bridgehead atoms. The highest BCUT2D eigenvalue weighted by atomic mass is 79.9. The standard InChI is InChI=1S/C15H12BrF2NO2/c1-7-3-8(19)4-10(14(7)18)15(20)9-5-11(16)12(17)6-13(9)21-2/h3-6H,19H2,1-2H3. The molecule has 0 aliphatic carbocycles. The number of rotatable bonds is 3. The zero-order chi connectivity index (χ0) is 15.7. The number of aryl methyl sites for hydroxylation is 1. The molecular formula is C15H12BrF2NO2. The first kappa shape index (κ1) is 15.4. The van der Waals surface area contributed by atoms with E-state index in [1.165, 1.54) is 32.2 Å². The van der Waals surface area contributed by atoms with E-state index in [1.54, 1.807) is 0 Å². The fourth-order valence-electron chi connectivity index (χ4n) is 1.98. The van der Waals surface area contributed by atoms with E-state index in [0.717, 1.165) is 6.07 Å². The van der Waals surface area contributed by atoms with Gasteiger partial charge in [0.05, 0.1) is 22.7 Å². The summed E-state index contributed by atoms with van der Waals surface area (Å²) >= 11 is 3.00. The van der Waals surface area contributed by atoms with Crippen molar-refractivity contribution in [3.8, 4) is 5.75 Å². The molecule has 0 fully saturated rings. The second-order valence-corrected chi connectivity index (χ2v) is 5.35. The first-order chi connectivity index (χ1) is 9.85. The number of nitrogens with two attached hydrogens (primary N) is 1. The number of hydrogen-bond donors (Lipinski definition) is 1. The number of carbonyl (C=O) groups excluding carboxylic acids is 1. The lowest BCUT2D eigenvalue weighted by atomic mass is 9.99. The van der Waals surface area contributed by atoms with Crippen LogP contribution in [0.4, 0.5) is 14.5 Å². The van der Waals surface area contributed by atoms with Crippen molar-refractivity contribution in [1.29, 1.82) is 0 Å². The first-order valence-electron chi connectivity index (χ1n) is 5.98. The van der Waals surface area contributed by atoms with Gasteiger partial charge in [0.1, 0.15) is 17.4 Å². The minimum Gasteiger partial charge on any atom is -0.496 e. The van der Waals surface area contributed by atoms with Crippen LogP contribution in [-0.2, 0) is 0 Å². The van der Waals surface area contributed by atoms with Gasteiger partial charge in [0.2, 0.25) is 0 Å². The summed E-state index contributed by atoms with van der Waals surface area (Å²) in [5.74, 6) is -1.83. The van der Waals surface area contributed by atoms with E-state index >= 15 is 0 Å². The van der Waals surface area contributed by atoms with E-state index in [2.05, 4.69) is 15.9 Å². The third kappa shape index (κ3) is 2.90. The van der Waals surface area contributed by atoms with Crippen LogP contribution in [0, 0.1) is 18.6 Å². The van der Waals surface area contributed by atoms with Gasteiger partial charge in [-0.1, -0.05) is 0 Å². The van der Waals surface area contributed by atoms with E-state index in [-0.39, 0.29) is 32.6 Å². The van der Waals surface area contributed by atoms with E-state index in [1.807, 2.05) is 0 Å². The summed E-state index contributed by atoms with van der Waals surface area (Å²) in [6.07, 6.45) is 0. The lowest BCUT2D eigenvalue weighted by molar-refractivity contribution is 0.103. The molecule has 0 heterocycles. The second-order valence-electron chi connectivity index (χ2n) is 4.50. The molecule has 110 valence electrons. The van der Waals surface area contributed by atoms with Crippen LogP contribution in [0.2, 0.25) is 0 Å². The molecule has 0 aliphatic rings. The summed E-state index contributed by atoms with van der Waals surface area (Å²) < 4.78 is 32.7. The Hall–Kier alpha value is -1.95. The van der Waals surface area contributed by atoms with Crippen molar-refractivity contribution in [2.24, 2.45) is 0 Å². The van der Waals surface area contributed by atoms with E-state index < -0.39 is 17.4 Å². The monoisotopic (exact) mass is 355 g/mol. The second kappa shape index (κ2) is 5.81. The van der Waals surface area contributed by atoms with Gasteiger partial charge in [-0.25, -0.2) is 8.78 Å². The molecule has 2 aromatic rings. The smallest absolute Gasteiger partial charge is 0.199 e. The molecule has 6 heteroatoms. The van der Waals surface area contributed by atoms with Crippen LogP contribution in [-0.4, -0.2) is 12.9 Å². The maximum absolute atomic E-state index is 14.1. The molecule has 0 aliphatic heterocycles. The van der Waals surface area contributed by atoms with Crippen molar-refractivity contribution in [3.05, 3.63) is 57.1 Å². The molecule has 2 aromatic carbocycles. The van der Waals surface area contributed by atoms with Crippen molar-refractivity contribution in [1.82, 2.24) is 0 Å². The van der Waals surface area contributed by atoms with Gasteiger partial charge in [-0.05, 0) is 46.6 Å². The summed E-state index contributed by atoms with van der Waals surface area (Å²) in [7, 11) is 1.31. The van der Waals surface area contributed by atoms with Crippen molar-refractivity contribution in [2.75, 3.05) is 12.8 Å². The molecule has 0 aromatic heterocycles. The van der Waals surface area contributed by atoms with Crippen molar-refractivity contribution in [2.45, 2.75) is 6.92 Å². The highest BCUT2D eigenvalue weighted by Gasteiger charge is 2.21. The Morgan fingerprint density at radius 1 is 1.19 bits per heavy atom. The number of carbonyl (C=O) groups is 1. The number of methoxy groups -OCH3 is 1. The van der Waals surface area contributed by atoms with Gasteiger partial charge >= 0.3 is 0 Å². The maximum atomic E-state index is 14.1. The zero-order valence-corrected chi connectivity index (χ0v) is 12.9. The minimum atomic E-state index is -0.656. The van der Waals surface area contributed by atoms with Crippen LogP contribution in [0.25, 0.3) is 0 Å². The van der Waals surface area contributed by atoms with Crippen LogP contribution in [0.1, 0.15) is 21.5 Å². The van der Waals surface area contributed by atoms with Gasteiger partial charge in [-0.2, -0.15) is 0 Å². The molecule has 21 heavy (non-hydrogen) atoms. The minimum absolute atomic E-state index is 0.0279. The maximum Gasteiger partial charge on any atom is 0.199 e. The third-order valence-corrected chi connectivity index (χ3v) is 3.62. The molecule has 2 N–H and O–H groups in total. The summed E-state index contributed by atoms with van der Waals surface area (Å²) in [5, 5.41) is 0. The van der Waals surface area contributed by atoms with Gasteiger partial charge < -0.3 is 10.5 Å². The largest absolute Gasteiger partial charge is 0.496 e. The van der Waals surface area contributed by atoms with Crippen LogP contribution in [0.5, 0.6) is 5.75 Å². The third-order valence-electron chi connectivity index (χ3n) is 3.01. The predicted molar refractivity (Wildman–Crippen MR) is 79.6 cm³/mol. The summed E-state index contributed by atoms with van der Waals surface area (Å²) in [5.41, 5.74) is 6.06. The molecule has 2 rings (SSSR count). The number of nitrogen functional groups attached to an aromatic ring is 1. The van der Waals surface area contributed by atoms with Crippen molar-refractivity contribution >= 4 is 27.4 Å². The molecular weight excluding hydrogens is 344 g/mol. The predicted octanol–water partition coefficient (Wildman–Crippen LogP) is 3.86. The van der Waals surface area contributed by atoms with Crippen molar-refractivity contribution < 1.29 is 18.3 Å². The van der Waals surface area contributed by atoms with E-state index in [0.29, 0.717) is 0 Å². The van der Waals surface area contributed by atoms with E-state index in [9.17, 15) is 13.6 Å². The highest BCUT2D eigenvalue weighted by Crippen LogP contribution is 2.30. The van der Waals surface area contributed by atoms with Crippen LogP contribution in [0.15, 0.2) is 28.7 Å². The number of hydrogen-bond acceptors (Lipinski definition) is 3. The first-order valence-corrected chi connectivity index (χ1v) is 6.77. The molecule has 0 spiro atoms. The van der Waals surface area contributed by atoms with E-state index in [4.69, 9.17) is 10.5 Å². The summed E-state index contributed by atoms with van der Waals surface area (Å²) in [4.78, 5) is 12.5. The molecule has 0 atom stereocenters. The Morgan fingerprint density at radius 3 is 2.48 bits per heavy atom. The average Bonchev–Trinajstić information content (AvgIpc) is 2.44. The fourth-order valence-corrected chi connectivity index (χ4v) is 2.33. The zero-order valence-electron chi connectivity index (χ0n) is 11.3. The lowest BCUT2D eigenvalue weighted by Gasteiger charge is -2.11. The Balaban J connectivity index is 2.63. The van der Waals surface area contributed by atoms with Crippen molar-refractivity contribution in [3.63, 3.8) is 0 Å². The highest BCUT2D eigenvalue weighted by molar-refractivity contribution is 9.10. The molecule has 3 nitrogen and oxygen atoms in total. The van der Waals surface area contributed by atoms with Gasteiger partial charge in [0.15, 0.2) is 5.78 Å². The normalized spacial score (nSPS) is 10.5. The Kier molecular flexibility index (Phi) is 4.27. The van der Waals surface area contributed by atoms with Gasteiger partial charge in [0.25, 0.3) is 0 Å². The fraction of sp³-hybridized carbons (Fsp3) is 0.133. The molecule has 0 saturated carbocycles. The molecule has 0 radical (unpaired) electrons. The number of ether oxygens (including phenoxy) is 1. The Morgan fingerprint density at radius 2 is 1.86 bits per heavy atom. The number of anilines is 1. The summed E-state index contributed by atoms with van der Waals surface area (Å²) in [6, 6.07) is 5.01. The number of benzene rings is 2. The molecule has 0 unspecified atom stereocenters. The molecule has 0 amide bonds. The Labute approximate surface area is 128 Å². The lowest BCUT2D eigenvalue weighted by Crippen LogP contribution is -2.09. The van der Waals surface area contributed by atoms with Gasteiger partial charge in [-0.3, -0.25) is 4.79 Å². The summed E-state index contributed by atoms with van der Waals surface area (Å²) in [6.45, 7) is 1.51. The van der Waals surface area contributed by atoms with Crippen LogP contribution < -0.4 is 10.5 Å². The quantitative estimate of drug-likeness (QED) is 0.671. The molecule has 0 saturated heterocycles. The number of halogens is 3. The average molecular weight is 356 g/mol. The van der Waals surface area contributed by atoms with Crippen LogP contribution in [0.3, 0.4) is 0 Å². The number of ketones is 1. The van der Waals surface area contributed by atoms with Crippen LogP contribution >= 0.6 is 15.9 Å².